The van der Waals surface area contributed by atoms with Gasteiger partial charge in [-0.15, -0.1) is 0 Å². The second-order valence-corrected chi connectivity index (χ2v) is 10.2. The molecule has 0 amide bonds. The molecule has 0 saturated heterocycles. The van der Waals surface area contributed by atoms with Crippen molar-refractivity contribution < 1.29 is 0 Å². The van der Waals surface area contributed by atoms with Crippen LogP contribution in [0.25, 0.3) is 43.6 Å². The summed E-state index contributed by atoms with van der Waals surface area (Å²) in [7, 11) is 0. The van der Waals surface area contributed by atoms with Crippen molar-refractivity contribution in [2.75, 3.05) is 0 Å². The van der Waals surface area contributed by atoms with Crippen molar-refractivity contribution in [3.05, 3.63) is 162 Å². The van der Waals surface area contributed by atoms with Crippen LogP contribution in [0.1, 0.15) is 16.7 Å². The van der Waals surface area contributed by atoms with Crippen molar-refractivity contribution in [3.63, 3.8) is 0 Å². The molecule has 0 aliphatic rings. The summed E-state index contributed by atoms with van der Waals surface area (Å²) in [4.78, 5) is 14.2. The van der Waals surface area contributed by atoms with Crippen molar-refractivity contribution in [2.45, 2.75) is 0 Å². The topological polar surface area (TPSA) is 61.5 Å². The van der Waals surface area contributed by atoms with Crippen molar-refractivity contribution >= 4 is 50.3 Å². The van der Waals surface area contributed by atoms with Crippen LogP contribution in [-0.2, 0) is 0 Å². The molecule has 0 radical (unpaired) electrons. The maximum Gasteiger partial charge on any atom is 0.161 e. The summed E-state index contributed by atoms with van der Waals surface area (Å²) in [6.45, 7) is 0. The largest absolute Gasteiger partial charge is 0.282 e. The van der Waals surface area contributed by atoms with E-state index >= 15 is 0 Å². The van der Waals surface area contributed by atoms with Gasteiger partial charge in [-0.05, 0) is 68.6 Å². The van der Waals surface area contributed by atoms with Gasteiger partial charge in [0.15, 0.2) is 11.7 Å². The second kappa shape index (κ2) is 11.0. The van der Waals surface area contributed by atoms with Gasteiger partial charge in [-0.2, -0.15) is 0 Å². The number of hydrogen-bond donors (Lipinski definition) is 1. The van der Waals surface area contributed by atoms with Crippen molar-refractivity contribution in [1.29, 1.82) is 5.41 Å². The van der Waals surface area contributed by atoms with Gasteiger partial charge in [0.25, 0.3) is 0 Å². The van der Waals surface area contributed by atoms with Gasteiger partial charge >= 0.3 is 0 Å². The lowest BCUT2D eigenvalue weighted by Crippen LogP contribution is -2.05. The van der Waals surface area contributed by atoms with Crippen molar-refractivity contribution in [2.24, 2.45) is 9.98 Å². The van der Waals surface area contributed by atoms with Crippen LogP contribution in [0.2, 0.25) is 0 Å². The molecule has 198 valence electrons. The van der Waals surface area contributed by atoms with Crippen molar-refractivity contribution in [3.8, 4) is 11.1 Å². The molecule has 1 aromatic heterocycles. The van der Waals surface area contributed by atoms with Gasteiger partial charge in [-0.3, -0.25) is 10.4 Å². The third kappa shape index (κ3) is 5.21. The van der Waals surface area contributed by atoms with Gasteiger partial charge in [0, 0.05) is 28.9 Å². The first kappa shape index (κ1) is 25.2. The number of nitrogens with one attached hydrogen (secondary N) is 1. The summed E-state index contributed by atoms with van der Waals surface area (Å²) in [5.74, 6) is 0.633. The van der Waals surface area contributed by atoms with E-state index in [1.807, 2.05) is 73.1 Å². The Bertz CT molecular complexity index is 2170. The average Bonchev–Trinajstić information content (AvgIpc) is 3.06. The Balaban J connectivity index is 1.30. The highest BCUT2D eigenvalue weighted by atomic mass is 14.9. The minimum Gasteiger partial charge on any atom is -0.282 e. The summed E-state index contributed by atoms with van der Waals surface area (Å²) < 4.78 is 0. The van der Waals surface area contributed by atoms with Crippen LogP contribution >= 0.6 is 0 Å². The van der Waals surface area contributed by atoms with E-state index in [0.717, 1.165) is 54.9 Å². The van der Waals surface area contributed by atoms with E-state index in [2.05, 4.69) is 83.8 Å². The molecule has 1 N–H and O–H groups in total. The highest BCUT2D eigenvalue weighted by Gasteiger charge is 2.09. The average molecular weight is 539 g/mol. The molecule has 0 spiro atoms. The number of fused-ring (bicyclic) bond motifs is 3. The number of pyridine rings is 1. The lowest BCUT2D eigenvalue weighted by atomic mass is 10.0. The molecule has 0 fully saturated rings. The Morgan fingerprint density at radius 2 is 1.24 bits per heavy atom. The van der Waals surface area contributed by atoms with Crippen LogP contribution < -0.4 is 0 Å². The van der Waals surface area contributed by atoms with E-state index in [4.69, 9.17) is 15.4 Å². The number of aliphatic imine (C=N–C) groups is 2. The monoisotopic (exact) mass is 538 g/mol. The summed E-state index contributed by atoms with van der Waals surface area (Å²) in [5.41, 5.74) is 5.58. The molecule has 1 heterocycles. The van der Waals surface area contributed by atoms with E-state index in [9.17, 15) is 0 Å². The molecular formula is C38H26N4. The second-order valence-electron chi connectivity index (χ2n) is 10.2. The Morgan fingerprint density at radius 1 is 0.548 bits per heavy atom. The zero-order valence-corrected chi connectivity index (χ0v) is 22.8. The quantitative estimate of drug-likeness (QED) is 0.176. The SMILES string of the molecule is N=C(N=C(N=Cc1ccc2ccccc2c1)c1cccc(-c2ccc3cccnc3c2)c1)c1ccc2ccccc2c1. The minimum atomic E-state index is 0.159. The molecule has 4 heteroatoms. The Morgan fingerprint density at radius 3 is 2.07 bits per heavy atom. The molecule has 0 saturated carbocycles. The number of aromatic nitrogens is 1. The number of amidine groups is 2. The highest BCUT2D eigenvalue weighted by molar-refractivity contribution is 6.14. The van der Waals surface area contributed by atoms with Crippen LogP contribution in [0.4, 0.5) is 0 Å². The first-order chi connectivity index (χ1) is 20.7. The first-order valence-corrected chi connectivity index (χ1v) is 13.8. The summed E-state index contributed by atoms with van der Waals surface area (Å²) >= 11 is 0. The minimum absolute atomic E-state index is 0.159. The highest BCUT2D eigenvalue weighted by Crippen LogP contribution is 2.25. The molecule has 0 unspecified atom stereocenters. The smallest absolute Gasteiger partial charge is 0.161 e. The number of nitrogens with zero attached hydrogens (tertiary/aromatic N) is 3. The molecule has 4 nitrogen and oxygen atoms in total. The van der Waals surface area contributed by atoms with Gasteiger partial charge in [0.05, 0.1) is 5.52 Å². The van der Waals surface area contributed by atoms with Crippen molar-refractivity contribution in [1.82, 2.24) is 4.98 Å². The normalized spacial score (nSPS) is 12.0. The molecule has 7 aromatic rings. The maximum absolute atomic E-state index is 8.91. The van der Waals surface area contributed by atoms with Gasteiger partial charge in [0.2, 0.25) is 0 Å². The molecule has 0 aliphatic heterocycles. The third-order valence-electron chi connectivity index (χ3n) is 7.41. The van der Waals surface area contributed by atoms with Gasteiger partial charge in [-0.1, -0.05) is 109 Å². The molecule has 0 bridgehead atoms. The maximum atomic E-state index is 8.91. The van der Waals surface area contributed by atoms with Gasteiger partial charge < -0.3 is 0 Å². The Hall–Kier alpha value is -5.74. The van der Waals surface area contributed by atoms with Crippen LogP contribution in [0.5, 0.6) is 0 Å². The lowest BCUT2D eigenvalue weighted by molar-refractivity contribution is 1.40. The van der Waals surface area contributed by atoms with E-state index in [0.29, 0.717) is 5.84 Å². The molecule has 42 heavy (non-hydrogen) atoms. The van der Waals surface area contributed by atoms with Crippen LogP contribution in [-0.4, -0.2) is 22.9 Å². The third-order valence-corrected chi connectivity index (χ3v) is 7.41. The lowest BCUT2D eigenvalue weighted by Gasteiger charge is -2.08. The summed E-state index contributed by atoms with van der Waals surface area (Å²) in [6, 6.07) is 47.1. The van der Waals surface area contributed by atoms with Crippen LogP contribution in [0.15, 0.2) is 156 Å². The zero-order chi connectivity index (χ0) is 28.3. The van der Waals surface area contributed by atoms with E-state index in [1.165, 1.54) is 5.39 Å². The molecule has 0 aliphatic carbocycles. The Labute approximate surface area is 243 Å². The van der Waals surface area contributed by atoms with E-state index in [-0.39, 0.29) is 5.84 Å². The predicted molar refractivity (Wildman–Crippen MR) is 176 cm³/mol. The molecular weight excluding hydrogens is 512 g/mol. The van der Waals surface area contributed by atoms with Crippen LogP contribution in [0.3, 0.4) is 0 Å². The van der Waals surface area contributed by atoms with Crippen LogP contribution in [0, 0.1) is 5.41 Å². The summed E-state index contributed by atoms with van der Waals surface area (Å²) in [5, 5.41) is 14.5. The first-order valence-electron chi connectivity index (χ1n) is 13.8. The summed E-state index contributed by atoms with van der Waals surface area (Å²) in [6.07, 6.45) is 3.64. The van der Waals surface area contributed by atoms with E-state index < -0.39 is 0 Å². The fraction of sp³-hybridized carbons (Fsp3) is 0. The number of hydrogen-bond acceptors (Lipinski definition) is 2. The molecule has 0 atom stereocenters. The van der Waals surface area contributed by atoms with E-state index in [1.54, 1.807) is 0 Å². The number of rotatable bonds is 4. The molecule has 6 aromatic carbocycles. The Kier molecular flexibility index (Phi) is 6.63. The molecule has 7 rings (SSSR count). The predicted octanol–water partition coefficient (Wildman–Crippen LogP) is 9.10. The number of benzene rings is 6. The fourth-order valence-electron chi connectivity index (χ4n) is 5.18. The standard InChI is InChI=1S/C38H26N4/c39-37(34-19-16-28-8-2-4-10-31(28)22-34)42-38(41-25-26-14-15-27-7-1-3-9-30(27)21-26)35-12-5-11-32(23-35)33-18-17-29-13-6-20-40-36(29)24-33/h1-25,39H. The van der Waals surface area contributed by atoms with Gasteiger partial charge in [-0.25, -0.2) is 9.98 Å². The van der Waals surface area contributed by atoms with Gasteiger partial charge in [0.1, 0.15) is 0 Å². The fourth-order valence-corrected chi connectivity index (χ4v) is 5.18. The zero-order valence-electron chi connectivity index (χ0n) is 22.8.